The predicted molar refractivity (Wildman–Crippen MR) is 106 cm³/mol. The summed E-state index contributed by atoms with van der Waals surface area (Å²) in [5.41, 5.74) is 4.17. The quantitative estimate of drug-likeness (QED) is 0.689. The van der Waals surface area contributed by atoms with Crippen LogP contribution < -0.4 is 5.32 Å². The summed E-state index contributed by atoms with van der Waals surface area (Å²) in [5, 5.41) is 2.98. The van der Waals surface area contributed by atoms with Crippen LogP contribution in [0.1, 0.15) is 20.3 Å². The fraction of sp³-hybridized carbons (Fsp3) is 0.273. The highest BCUT2D eigenvalue weighted by Gasteiger charge is 2.15. The van der Waals surface area contributed by atoms with Gasteiger partial charge < -0.3 is 9.88 Å². The number of aryl methyl sites for hydroxylation is 1. The van der Waals surface area contributed by atoms with Gasteiger partial charge in [0, 0.05) is 30.6 Å². The minimum Gasteiger partial charge on any atom is -0.356 e. The summed E-state index contributed by atoms with van der Waals surface area (Å²) in [5.74, 6) is 0.532. The van der Waals surface area contributed by atoms with Crippen LogP contribution >= 0.6 is 0 Å². The lowest BCUT2D eigenvalue weighted by Crippen LogP contribution is -2.28. The number of carbonyl (C=O) groups excluding carboxylic acids is 1. The van der Waals surface area contributed by atoms with Gasteiger partial charge in [-0.1, -0.05) is 74.5 Å². The molecule has 2 aromatic carbocycles. The Morgan fingerprint density at radius 3 is 2.23 bits per heavy atom. The summed E-state index contributed by atoms with van der Waals surface area (Å²) in [6.07, 6.45) is 2.28. The lowest BCUT2D eigenvalue weighted by molar-refractivity contribution is -0.121. The highest BCUT2D eigenvalue weighted by atomic mass is 16.1. The highest BCUT2D eigenvalue weighted by Crippen LogP contribution is 2.31. The molecular formula is C22H25N3O. The first-order chi connectivity index (χ1) is 12.6. The van der Waals surface area contributed by atoms with Crippen LogP contribution in [-0.4, -0.2) is 22.0 Å². The number of amides is 1. The third kappa shape index (κ3) is 4.39. The Labute approximate surface area is 154 Å². The van der Waals surface area contributed by atoms with E-state index >= 15 is 0 Å². The van der Waals surface area contributed by atoms with Gasteiger partial charge in [0.1, 0.15) is 0 Å². The van der Waals surface area contributed by atoms with Crippen LogP contribution in [0.2, 0.25) is 0 Å². The Morgan fingerprint density at radius 1 is 1.00 bits per heavy atom. The van der Waals surface area contributed by atoms with E-state index in [0.717, 1.165) is 22.5 Å². The molecule has 0 saturated heterocycles. The minimum absolute atomic E-state index is 0.0765. The Morgan fingerprint density at radius 2 is 1.62 bits per heavy atom. The molecule has 1 aromatic heterocycles. The first kappa shape index (κ1) is 17.9. The zero-order valence-electron chi connectivity index (χ0n) is 15.4. The van der Waals surface area contributed by atoms with E-state index in [0.29, 0.717) is 25.4 Å². The second-order valence-electron chi connectivity index (χ2n) is 6.82. The summed E-state index contributed by atoms with van der Waals surface area (Å²) < 4.78 is 2.08. The van der Waals surface area contributed by atoms with Gasteiger partial charge in [0.05, 0.1) is 17.7 Å². The summed E-state index contributed by atoms with van der Waals surface area (Å²) in [6, 6.07) is 20.4. The van der Waals surface area contributed by atoms with E-state index in [1.807, 2.05) is 42.7 Å². The summed E-state index contributed by atoms with van der Waals surface area (Å²) in [6.45, 7) is 5.50. The second kappa shape index (κ2) is 8.48. The molecule has 1 amide bonds. The third-order valence-electron chi connectivity index (χ3n) is 4.22. The fourth-order valence-corrected chi connectivity index (χ4v) is 2.89. The molecule has 0 radical (unpaired) electrons. The van der Waals surface area contributed by atoms with E-state index in [1.165, 1.54) is 0 Å². The molecule has 4 nitrogen and oxygen atoms in total. The molecule has 3 rings (SSSR count). The molecule has 1 N–H and O–H groups in total. The highest BCUT2D eigenvalue weighted by molar-refractivity contribution is 5.79. The van der Waals surface area contributed by atoms with E-state index < -0.39 is 0 Å². The number of benzene rings is 2. The molecule has 0 spiro atoms. The van der Waals surface area contributed by atoms with Gasteiger partial charge in [-0.25, -0.2) is 4.98 Å². The number of hydrogen-bond donors (Lipinski definition) is 1. The number of carbonyl (C=O) groups is 1. The van der Waals surface area contributed by atoms with Gasteiger partial charge in [0.25, 0.3) is 0 Å². The Bertz CT molecular complexity index is 838. The Balaban J connectivity index is 1.86. The topological polar surface area (TPSA) is 46.9 Å². The van der Waals surface area contributed by atoms with Gasteiger partial charge in [-0.15, -0.1) is 0 Å². The van der Waals surface area contributed by atoms with Gasteiger partial charge in [0.15, 0.2) is 0 Å². The first-order valence-corrected chi connectivity index (χ1v) is 9.08. The monoisotopic (exact) mass is 347 g/mol. The molecule has 26 heavy (non-hydrogen) atoms. The Hall–Kier alpha value is -2.88. The third-order valence-corrected chi connectivity index (χ3v) is 4.22. The van der Waals surface area contributed by atoms with Crippen molar-refractivity contribution in [2.45, 2.75) is 26.8 Å². The smallest absolute Gasteiger partial charge is 0.221 e. The van der Waals surface area contributed by atoms with Crippen LogP contribution in [0.5, 0.6) is 0 Å². The molecule has 0 fully saturated rings. The molecule has 0 unspecified atom stereocenters. The van der Waals surface area contributed by atoms with Gasteiger partial charge in [-0.2, -0.15) is 0 Å². The average molecular weight is 347 g/mol. The summed E-state index contributed by atoms with van der Waals surface area (Å²) in [7, 11) is 0. The largest absolute Gasteiger partial charge is 0.356 e. The molecular weight excluding hydrogens is 322 g/mol. The number of hydrogen-bond acceptors (Lipinski definition) is 2. The second-order valence-corrected chi connectivity index (χ2v) is 6.82. The van der Waals surface area contributed by atoms with Gasteiger partial charge in [0.2, 0.25) is 5.91 Å². The number of aromatic nitrogens is 2. The molecule has 134 valence electrons. The molecule has 0 saturated carbocycles. The maximum atomic E-state index is 12.1. The van der Waals surface area contributed by atoms with E-state index in [-0.39, 0.29) is 5.91 Å². The number of rotatable bonds is 7. The summed E-state index contributed by atoms with van der Waals surface area (Å²) in [4.78, 5) is 16.7. The van der Waals surface area contributed by atoms with Crippen molar-refractivity contribution in [3.63, 3.8) is 0 Å². The van der Waals surface area contributed by atoms with Crippen LogP contribution in [0.25, 0.3) is 22.5 Å². The molecule has 1 heterocycles. The standard InChI is InChI=1S/C22H25N3O/c1-17(2)15-23-20(26)13-14-25-16-24-21(18-9-5-3-6-10-18)22(25)19-11-7-4-8-12-19/h3-12,16-17H,13-15H2,1-2H3,(H,23,26). The average Bonchev–Trinajstić information content (AvgIpc) is 3.10. The van der Waals surface area contributed by atoms with Crippen LogP contribution in [0.4, 0.5) is 0 Å². The minimum atomic E-state index is 0.0765. The van der Waals surface area contributed by atoms with Crippen molar-refractivity contribution < 1.29 is 4.79 Å². The zero-order chi connectivity index (χ0) is 18.4. The molecule has 0 aliphatic heterocycles. The zero-order valence-corrected chi connectivity index (χ0v) is 15.4. The predicted octanol–water partition coefficient (Wildman–Crippen LogP) is 4.38. The van der Waals surface area contributed by atoms with E-state index in [1.54, 1.807) is 0 Å². The van der Waals surface area contributed by atoms with Gasteiger partial charge >= 0.3 is 0 Å². The Kier molecular flexibility index (Phi) is 5.84. The number of nitrogens with zero attached hydrogens (tertiary/aromatic N) is 2. The van der Waals surface area contributed by atoms with E-state index in [9.17, 15) is 4.79 Å². The maximum Gasteiger partial charge on any atom is 0.221 e. The van der Waals surface area contributed by atoms with Crippen molar-refractivity contribution >= 4 is 5.91 Å². The molecule has 3 aromatic rings. The maximum absolute atomic E-state index is 12.1. The molecule has 0 atom stereocenters. The van der Waals surface area contributed by atoms with Crippen LogP contribution in [0.3, 0.4) is 0 Å². The van der Waals surface area contributed by atoms with Crippen molar-refractivity contribution in [2.75, 3.05) is 6.54 Å². The van der Waals surface area contributed by atoms with Crippen molar-refractivity contribution in [1.29, 1.82) is 0 Å². The van der Waals surface area contributed by atoms with E-state index in [4.69, 9.17) is 0 Å². The van der Waals surface area contributed by atoms with Crippen LogP contribution in [0.15, 0.2) is 67.0 Å². The number of imidazole rings is 1. The van der Waals surface area contributed by atoms with Crippen molar-refractivity contribution in [3.05, 3.63) is 67.0 Å². The molecule has 4 heteroatoms. The fourth-order valence-electron chi connectivity index (χ4n) is 2.89. The summed E-state index contributed by atoms with van der Waals surface area (Å²) >= 11 is 0. The van der Waals surface area contributed by atoms with E-state index in [2.05, 4.69) is 53.0 Å². The van der Waals surface area contributed by atoms with Crippen molar-refractivity contribution in [1.82, 2.24) is 14.9 Å². The SMILES string of the molecule is CC(C)CNC(=O)CCn1cnc(-c2ccccc2)c1-c1ccccc1. The van der Waals surface area contributed by atoms with Crippen molar-refractivity contribution in [3.8, 4) is 22.5 Å². The van der Waals surface area contributed by atoms with Gasteiger partial charge in [-0.05, 0) is 5.92 Å². The molecule has 0 aliphatic rings. The normalized spacial score (nSPS) is 10.9. The van der Waals surface area contributed by atoms with Crippen LogP contribution in [0, 0.1) is 5.92 Å². The van der Waals surface area contributed by atoms with Crippen LogP contribution in [-0.2, 0) is 11.3 Å². The van der Waals surface area contributed by atoms with Gasteiger partial charge in [-0.3, -0.25) is 4.79 Å². The van der Waals surface area contributed by atoms with Crippen molar-refractivity contribution in [2.24, 2.45) is 5.92 Å². The molecule has 0 bridgehead atoms. The first-order valence-electron chi connectivity index (χ1n) is 9.08. The lowest BCUT2D eigenvalue weighted by Gasteiger charge is -2.12. The molecule has 0 aliphatic carbocycles. The lowest BCUT2D eigenvalue weighted by atomic mass is 10.0. The number of nitrogens with one attached hydrogen (secondary N) is 1.